The van der Waals surface area contributed by atoms with Crippen molar-refractivity contribution in [3.05, 3.63) is 29.8 Å². The third-order valence-corrected chi connectivity index (χ3v) is 3.60. The van der Waals surface area contributed by atoms with Crippen LogP contribution in [0, 0.1) is 0 Å². The van der Waals surface area contributed by atoms with E-state index in [0.29, 0.717) is 5.75 Å². The van der Waals surface area contributed by atoms with Crippen molar-refractivity contribution >= 4 is 5.91 Å². The van der Waals surface area contributed by atoms with E-state index in [1.807, 2.05) is 38.1 Å². The van der Waals surface area contributed by atoms with Crippen LogP contribution in [-0.4, -0.2) is 24.1 Å². The molecule has 4 heteroatoms. The molecule has 0 saturated carbocycles. The van der Waals surface area contributed by atoms with E-state index in [1.165, 1.54) is 0 Å². The van der Waals surface area contributed by atoms with E-state index in [0.717, 1.165) is 24.8 Å². The number of nitrogens with one attached hydrogen (secondary N) is 1. The number of hydrogen-bond donors (Lipinski definition) is 2. The molecule has 0 aromatic heterocycles. The van der Waals surface area contributed by atoms with Gasteiger partial charge in [0.05, 0.1) is 0 Å². The van der Waals surface area contributed by atoms with Crippen LogP contribution in [0.2, 0.25) is 0 Å². The number of carbonyl (C=O) groups excluding carboxylic acids is 1. The third kappa shape index (κ3) is 6.17. The monoisotopic (exact) mass is 292 g/mol. The highest BCUT2D eigenvalue weighted by Crippen LogP contribution is 2.16. The first kappa shape index (κ1) is 17.5. The molecule has 0 heterocycles. The van der Waals surface area contributed by atoms with Gasteiger partial charge in [0, 0.05) is 12.1 Å². The van der Waals surface area contributed by atoms with E-state index in [1.54, 1.807) is 6.92 Å². The molecule has 21 heavy (non-hydrogen) atoms. The average molecular weight is 292 g/mol. The molecule has 1 aromatic carbocycles. The molecule has 4 nitrogen and oxygen atoms in total. The fourth-order valence-corrected chi connectivity index (χ4v) is 1.91. The second-order valence-electron chi connectivity index (χ2n) is 5.60. The largest absolute Gasteiger partial charge is 0.481 e. The van der Waals surface area contributed by atoms with E-state index >= 15 is 0 Å². The predicted molar refractivity (Wildman–Crippen MR) is 86.4 cm³/mol. The predicted octanol–water partition coefficient (Wildman–Crippen LogP) is 2.65. The number of nitrogens with two attached hydrogens (primary N) is 1. The molecule has 1 rings (SSSR count). The number of hydrogen-bond acceptors (Lipinski definition) is 3. The molecule has 0 fully saturated rings. The first-order chi connectivity index (χ1) is 9.96. The fraction of sp³-hybridized carbons (Fsp3) is 0.588. The lowest BCUT2D eigenvalue weighted by Crippen LogP contribution is -2.41. The van der Waals surface area contributed by atoms with Crippen LogP contribution in [0.15, 0.2) is 24.3 Å². The lowest BCUT2D eigenvalue weighted by molar-refractivity contribution is -0.127. The summed E-state index contributed by atoms with van der Waals surface area (Å²) in [6, 6.07) is 8.12. The average Bonchev–Trinajstić information content (AvgIpc) is 2.47. The standard InChI is InChI=1S/C17H28N2O2/c1-5-12(3)19-17(20)13(4)21-16-9-7-8-14(11-16)10-15(18)6-2/h7-9,11-13,15H,5-6,10,18H2,1-4H3,(H,19,20). The second kappa shape index (κ2) is 8.67. The van der Waals surface area contributed by atoms with Crippen molar-refractivity contribution in [2.45, 2.75) is 65.1 Å². The molecular formula is C17H28N2O2. The van der Waals surface area contributed by atoms with Gasteiger partial charge in [-0.25, -0.2) is 0 Å². The van der Waals surface area contributed by atoms with E-state index in [-0.39, 0.29) is 18.0 Å². The van der Waals surface area contributed by atoms with Gasteiger partial charge in [0.1, 0.15) is 5.75 Å². The molecule has 0 spiro atoms. The summed E-state index contributed by atoms with van der Waals surface area (Å²) in [4.78, 5) is 12.0. The topological polar surface area (TPSA) is 64.3 Å². The summed E-state index contributed by atoms with van der Waals surface area (Å²) in [6.07, 6.45) is 2.16. The molecule has 0 bridgehead atoms. The summed E-state index contributed by atoms with van der Waals surface area (Å²) in [7, 11) is 0. The lowest BCUT2D eigenvalue weighted by atomic mass is 10.0. The fourth-order valence-electron chi connectivity index (χ4n) is 1.91. The zero-order chi connectivity index (χ0) is 15.8. The summed E-state index contributed by atoms with van der Waals surface area (Å²) in [5, 5.41) is 2.92. The first-order valence-corrected chi connectivity index (χ1v) is 7.77. The van der Waals surface area contributed by atoms with Crippen LogP contribution in [0.4, 0.5) is 0 Å². The molecule has 0 aliphatic carbocycles. The minimum atomic E-state index is -0.505. The zero-order valence-corrected chi connectivity index (χ0v) is 13.6. The Labute approximate surface area is 128 Å². The molecule has 0 radical (unpaired) electrons. The molecule has 0 aliphatic rings. The third-order valence-electron chi connectivity index (χ3n) is 3.60. The van der Waals surface area contributed by atoms with E-state index < -0.39 is 6.10 Å². The SMILES string of the molecule is CCC(N)Cc1cccc(OC(C)C(=O)NC(C)CC)c1. The number of benzene rings is 1. The van der Waals surface area contributed by atoms with Crippen molar-refractivity contribution < 1.29 is 9.53 Å². The van der Waals surface area contributed by atoms with E-state index in [2.05, 4.69) is 12.2 Å². The Balaban J connectivity index is 2.61. The second-order valence-corrected chi connectivity index (χ2v) is 5.60. The van der Waals surface area contributed by atoms with E-state index in [9.17, 15) is 4.79 Å². The van der Waals surface area contributed by atoms with Crippen LogP contribution in [0.1, 0.15) is 46.1 Å². The summed E-state index contributed by atoms with van der Waals surface area (Å²) in [5.74, 6) is 0.627. The van der Waals surface area contributed by atoms with Gasteiger partial charge in [0.15, 0.2) is 6.10 Å². The number of carbonyl (C=O) groups is 1. The Bertz CT molecular complexity index is 448. The highest BCUT2D eigenvalue weighted by Gasteiger charge is 2.16. The Morgan fingerprint density at radius 1 is 1.29 bits per heavy atom. The van der Waals surface area contributed by atoms with Crippen molar-refractivity contribution in [2.24, 2.45) is 5.73 Å². The van der Waals surface area contributed by atoms with Crippen LogP contribution in [0.25, 0.3) is 0 Å². The van der Waals surface area contributed by atoms with Gasteiger partial charge in [-0.2, -0.15) is 0 Å². The van der Waals surface area contributed by atoms with Crippen molar-refractivity contribution in [3.63, 3.8) is 0 Å². The molecule has 1 aromatic rings. The molecule has 118 valence electrons. The summed E-state index contributed by atoms with van der Waals surface area (Å²) in [6.45, 7) is 7.86. The van der Waals surface area contributed by atoms with Gasteiger partial charge in [-0.15, -0.1) is 0 Å². The van der Waals surface area contributed by atoms with Crippen LogP contribution in [0.5, 0.6) is 5.75 Å². The summed E-state index contributed by atoms with van der Waals surface area (Å²) in [5.41, 5.74) is 7.11. The maximum Gasteiger partial charge on any atom is 0.260 e. The smallest absolute Gasteiger partial charge is 0.260 e. The van der Waals surface area contributed by atoms with Gasteiger partial charge in [-0.05, 0) is 50.8 Å². The quantitative estimate of drug-likeness (QED) is 0.774. The van der Waals surface area contributed by atoms with Crippen LogP contribution < -0.4 is 15.8 Å². The zero-order valence-electron chi connectivity index (χ0n) is 13.6. The molecule has 1 amide bonds. The Morgan fingerprint density at radius 3 is 2.62 bits per heavy atom. The lowest BCUT2D eigenvalue weighted by Gasteiger charge is -2.18. The maximum absolute atomic E-state index is 12.0. The van der Waals surface area contributed by atoms with Gasteiger partial charge in [0.25, 0.3) is 5.91 Å². The number of rotatable bonds is 8. The Kier molecular flexibility index (Phi) is 7.23. The minimum absolute atomic E-state index is 0.0833. The minimum Gasteiger partial charge on any atom is -0.481 e. The van der Waals surface area contributed by atoms with Crippen LogP contribution in [0.3, 0.4) is 0 Å². The van der Waals surface area contributed by atoms with Crippen LogP contribution in [-0.2, 0) is 11.2 Å². The van der Waals surface area contributed by atoms with Gasteiger partial charge >= 0.3 is 0 Å². The van der Waals surface area contributed by atoms with Crippen molar-refractivity contribution in [1.82, 2.24) is 5.32 Å². The molecule has 0 saturated heterocycles. The molecule has 3 unspecified atom stereocenters. The summed E-state index contributed by atoms with van der Waals surface area (Å²) < 4.78 is 5.72. The van der Waals surface area contributed by atoms with E-state index in [4.69, 9.17) is 10.5 Å². The molecular weight excluding hydrogens is 264 g/mol. The highest BCUT2D eigenvalue weighted by molar-refractivity contribution is 5.80. The van der Waals surface area contributed by atoms with Crippen molar-refractivity contribution in [1.29, 1.82) is 0 Å². The van der Waals surface area contributed by atoms with Crippen LogP contribution >= 0.6 is 0 Å². The van der Waals surface area contributed by atoms with Gasteiger partial charge in [0.2, 0.25) is 0 Å². The number of amides is 1. The maximum atomic E-state index is 12.0. The normalized spacial score (nSPS) is 15.1. The van der Waals surface area contributed by atoms with Gasteiger partial charge < -0.3 is 15.8 Å². The summed E-state index contributed by atoms with van der Waals surface area (Å²) >= 11 is 0. The van der Waals surface area contributed by atoms with Crippen molar-refractivity contribution in [2.75, 3.05) is 0 Å². The highest BCUT2D eigenvalue weighted by atomic mass is 16.5. The number of ether oxygens (including phenoxy) is 1. The molecule has 0 aliphatic heterocycles. The first-order valence-electron chi connectivity index (χ1n) is 7.77. The van der Waals surface area contributed by atoms with Gasteiger partial charge in [-0.3, -0.25) is 4.79 Å². The molecule has 3 N–H and O–H groups in total. The Morgan fingerprint density at radius 2 is 2.00 bits per heavy atom. The Hall–Kier alpha value is -1.55. The van der Waals surface area contributed by atoms with Gasteiger partial charge in [-0.1, -0.05) is 26.0 Å². The van der Waals surface area contributed by atoms with Crippen molar-refractivity contribution in [3.8, 4) is 5.75 Å². The molecule has 3 atom stereocenters.